The molecule has 0 aliphatic heterocycles. The molecule has 0 radical (unpaired) electrons. The van der Waals surface area contributed by atoms with E-state index in [1.807, 2.05) is 6.92 Å². The third-order valence-electron chi connectivity index (χ3n) is 1.66. The Hall–Kier alpha value is -0.710. The van der Waals surface area contributed by atoms with Gasteiger partial charge in [-0.3, -0.25) is 9.59 Å². The largest absolute Gasteiger partial charge is 0.354 e. The maximum Gasteiger partial charge on any atom is 0.242 e. The van der Waals surface area contributed by atoms with Crippen LogP contribution in [0.3, 0.4) is 0 Å². The van der Waals surface area contributed by atoms with Crippen molar-refractivity contribution in [3.05, 3.63) is 0 Å². The molecular weight excluding hydrogens is 200 g/mol. The third-order valence-corrected chi connectivity index (χ3v) is 1.88. The van der Waals surface area contributed by atoms with E-state index < -0.39 is 6.04 Å². The molecule has 0 heterocycles. The number of amides is 2. The van der Waals surface area contributed by atoms with Crippen molar-refractivity contribution in [3.8, 4) is 0 Å². The predicted molar refractivity (Wildman–Crippen MR) is 59.4 cm³/mol. The van der Waals surface area contributed by atoms with E-state index in [9.17, 15) is 9.59 Å². The minimum Gasteiger partial charge on any atom is -0.354 e. The van der Waals surface area contributed by atoms with Crippen molar-refractivity contribution >= 4 is 24.4 Å². The summed E-state index contributed by atoms with van der Waals surface area (Å²) in [5.74, 6) is 0.216. The summed E-state index contributed by atoms with van der Waals surface area (Å²) in [5.41, 5.74) is 0. The highest BCUT2D eigenvalue weighted by atomic mass is 32.1. The van der Waals surface area contributed by atoms with E-state index in [0.717, 1.165) is 6.42 Å². The summed E-state index contributed by atoms with van der Waals surface area (Å²) in [6.45, 7) is 4.29. The average Bonchev–Trinajstić information content (AvgIpc) is 2.14. The fourth-order valence-corrected chi connectivity index (χ4v) is 1.09. The summed E-state index contributed by atoms with van der Waals surface area (Å²) >= 11 is 3.93. The molecule has 1 atom stereocenters. The maximum atomic E-state index is 11.3. The summed E-state index contributed by atoms with van der Waals surface area (Å²) in [7, 11) is 0. The van der Waals surface area contributed by atoms with Crippen LogP contribution in [0.25, 0.3) is 0 Å². The number of carbonyl (C=O) groups is 2. The van der Waals surface area contributed by atoms with E-state index in [-0.39, 0.29) is 11.8 Å². The number of rotatable bonds is 6. The second kappa shape index (κ2) is 7.67. The standard InChI is InChI=1S/C9H18N2O2S/c1-3-5-10-9(13)7(2)11-8(12)4-6-14/h7,14H,3-6H2,1-2H3,(H,10,13)(H,11,12). The van der Waals surface area contributed by atoms with E-state index in [2.05, 4.69) is 23.3 Å². The number of hydrogen-bond acceptors (Lipinski definition) is 3. The molecule has 0 aliphatic carbocycles. The first-order chi connectivity index (χ1) is 6.61. The van der Waals surface area contributed by atoms with Crippen LogP contribution in [0.15, 0.2) is 0 Å². The van der Waals surface area contributed by atoms with Crippen molar-refractivity contribution in [1.82, 2.24) is 10.6 Å². The average molecular weight is 218 g/mol. The highest BCUT2D eigenvalue weighted by Gasteiger charge is 2.13. The smallest absolute Gasteiger partial charge is 0.242 e. The van der Waals surface area contributed by atoms with Gasteiger partial charge in [0.25, 0.3) is 0 Å². The number of carbonyl (C=O) groups excluding carboxylic acids is 2. The molecule has 0 aromatic carbocycles. The molecule has 2 amide bonds. The van der Waals surface area contributed by atoms with Crippen molar-refractivity contribution in [2.24, 2.45) is 0 Å². The molecular formula is C9H18N2O2S. The van der Waals surface area contributed by atoms with Crippen LogP contribution < -0.4 is 10.6 Å². The zero-order chi connectivity index (χ0) is 11.0. The van der Waals surface area contributed by atoms with Crippen LogP contribution in [0.4, 0.5) is 0 Å². The lowest BCUT2D eigenvalue weighted by Gasteiger charge is -2.13. The zero-order valence-electron chi connectivity index (χ0n) is 8.67. The molecule has 0 saturated heterocycles. The summed E-state index contributed by atoms with van der Waals surface area (Å²) in [6.07, 6.45) is 1.23. The minimum atomic E-state index is -0.464. The number of thiol groups is 1. The van der Waals surface area contributed by atoms with Crippen molar-refractivity contribution in [3.63, 3.8) is 0 Å². The second-order valence-corrected chi connectivity index (χ2v) is 3.50. The lowest BCUT2D eigenvalue weighted by Crippen LogP contribution is -2.45. The van der Waals surface area contributed by atoms with Gasteiger partial charge in [-0.1, -0.05) is 6.92 Å². The lowest BCUT2D eigenvalue weighted by molar-refractivity contribution is -0.128. The van der Waals surface area contributed by atoms with Crippen molar-refractivity contribution in [2.45, 2.75) is 32.7 Å². The van der Waals surface area contributed by atoms with Crippen LogP contribution in [0.5, 0.6) is 0 Å². The Labute approximate surface area is 90.2 Å². The molecule has 82 valence electrons. The Bertz CT molecular complexity index is 197. The Kier molecular flexibility index (Phi) is 7.28. The topological polar surface area (TPSA) is 58.2 Å². The molecule has 0 aliphatic rings. The van der Waals surface area contributed by atoms with Gasteiger partial charge >= 0.3 is 0 Å². The van der Waals surface area contributed by atoms with Gasteiger partial charge in [-0.15, -0.1) is 0 Å². The summed E-state index contributed by atoms with van der Waals surface area (Å²) in [5, 5.41) is 5.30. The zero-order valence-corrected chi connectivity index (χ0v) is 9.56. The fourth-order valence-electron chi connectivity index (χ4n) is 0.882. The Morgan fingerprint density at radius 1 is 1.43 bits per heavy atom. The summed E-state index contributed by atoms with van der Waals surface area (Å²) in [6, 6.07) is -0.464. The molecule has 0 rings (SSSR count). The normalized spacial score (nSPS) is 11.9. The van der Waals surface area contributed by atoms with E-state index in [0.29, 0.717) is 18.7 Å². The van der Waals surface area contributed by atoms with E-state index >= 15 is 0 Å². The van der Waals surface area contributed by atoms with Crippen LogP contribution in [-0.2, 0) is 9.59 Å². The Morgan fingerprint density at radius 2 is 2.07 bits per heavy atom. The van der Waals surface area contributed by atoms with Gasteiger partial charge in [0.1, 0.15) is 6.04 Å². The Balaban J connectivity index is 3.76. The van der Waals surface area contributed by atoms with Crippen LogP contribution in [0, 0.1) is 0 Å². The molecule has 1 unspecified atom stereocenters. The van der Waals surface area contributed by atoms with E-state index in [1.165, 1.54) is 0 Å². The molecule has 0 saturated carbocycles. The van der Waals surface area contributed by atoms with Gasteiger partial charge in [0, 0.05) is 13.0 Å². The van der Waals surface area contributed by atoms with Crippen molar-refractivity contribution in [1.29, 1.82) is 0 Å². The van der Waals surface area contributed by atoms with Gasteiger partial charge in [-0.25, -0.2) is 0 Å². The molecule has 2 N–H and O–H groups in total. The van der Waals surface area contributed by atoms with Gasteiger partial charge in [-0.05, 0) is 19.1 Å². The van der Waals surface area contributed by atoms with Crippen LogP contribution >= 0.6 is 12.6 Å². The lowest BCUT2D eigenvalue weighted by atomic mass is 10.3. The van der Waals surface area contributed by atoms with Crippen LogP contribution in [0.2, 0.25) is 0 Å². The molecule has 0 spiro atoms. The SMILES string of the molecule is CCCNC(=O)C(C)NC(=O)CCS. The first-order valence-electron chi connectivity index (χ1n) is 4.79. The van der Waals surface area contributed by atoms with Gasteiger partial charge in [0.2, 0.25) is 11.8 Å². The maximum absolute atomic E-state index is 11.3. The highest BCUT2D eigenvalue weighted by molar-refractivity contribution is 7.80. The minimum absolute atomic E-state index is 0.139. The van der Waals surface area contributed by atoms with Gasteiger partial charge < -0.3 is 10.6 Å². The second-order valence-electron chi connectivity index (χ2n) is 3.05. The molecule has 0 aromatic heterocycles. The van der Waals surface area contributed by atoms with Gasteiger partial charge in [-0.2, -0.15) is 12.6 Å². The van der Waals surface area contributed by atoms with E-state index in [1.54, 1.807) is 6.92 Å². The molecule has 0 fully saturated rings. The van der Waals surface area contributed by atoms with Gasteiger partial charge in [0.05, 0.1) is 0 Å². The monoisotopic (exact) mass is 218 g/mol. The molecule has 5 heteroatoms. The molecule has 0 aromatic rings. The Morgan fingerprint density at radius 3 is 2.57 bits per heavy atom. The third kappa shape index (κ3) is 5.85. The quantitative estimate of drug-likeness (QED) is 0.563. The predicted octanol–water partition coefficient (Wildman–Crippen LogP) is 0.337. The molecule has 0 bridgehead atoms. The molecule has 4 nitrogen and oxygen atoms in total. The van der Waals surface area contributed by atoms with Crippen molar-refractivity contribution in [2.75, 3.05) is 12.3 Å². The van der Waals surface area contributed by atoms with Crippen LogP contribution in [0.1, 0.15) is 26.7 Å². The first kappa shape index (κ1) is 13.3. The highest BCUT2D eigenvalue weighted by Crippen LogP contribution is 1.88. The van der Waals surface area contributed by atoms with Crippen LogP contribution in [-0.4, -0.2) is 30.2 Å². The summed E-state index contributed by atoms with van der Waals surface area (Å²) < 4.78 is 0. The van der Waals surface area contributed by atoms with Gasteiger partial charge in [0.15, 0.2) is 0 Å². The number of nitrogens with one attached hydrogen (secondary N) is 2. The molecule has 14 heavy (non-hydrogen) atoms. The number of hydrogen-bond donors (Lipinski definition) is 3. The van der Waals surface area contributed by atoms with E-state index in [4.69, 9.17) is 0 Å². The summed E-state index contributed by atoms with van der Waals surface area (Å²) in [4.78, 5) is 22.4. The fraction of sp³-hybridized carbons (Fsp3) is 0.778. The first-order valence-corrected chi connectivity index (χ1v) is 5.43. The van der Waals surface area contributed by atoms with Crippen molar-refractivity contribution < 1.29 is 9.59 Å².